The summed E-state index contributed by atoms with van der Waals surface area (Å²) in [6.45, 7) is 0.966. The molecule has 88 valence electrons. The van der Waals surface area contributed by atoms with Gasteiger partial charge in [0.05, 0.1) is 11.1 Å². The number of para-hydroxylation sites is 1. The van der Waals surface area contributed by atoms with E-state index in [-0.39, 0.29) is 5.91 Å². The van der Waals surface area contributed by atoms with E-state index in [0.717, 1.165) is 5.52 Å². The minimum atomic E-state index is -0.0819. The zero-order chi connectivity index (χ0) is 12.3. The average molecular weight is 230 g/mol. The number of hydrogen-bond acceptors (Lipinski definition) is 4. The van der Waals surface area contributed by atoms with Crippen molar-refractivity contribution in [2.75, 3.05) is 20.1 Å². The normalized spacial score (nSPS) is 10.5. The Labute approximate surface area is 99.3 Å². The Morgan fingerprint density at radius 1 is 1.35 bits per heavy atom. The predicted molar refractivity (Wildman–Crippen MR) is 65.6 cm³/mol. The van der Waals surface area contributed by atoms with E-state index >= 15 is 0 Å². The number of amides is 1. The summed E-state index contributed by atoms with van der Waals surface area (Å²) < 4.78 is 0. The van der Waals surface area contributed by atoms with Crippen LogP contribution in [0.2, 0.25) is 0 Å². The Kier molecular flexibility index (Phi) is 3.30. The third-order valence-electron chi connectivity index (χ3n) is 2.54. The second kappa shape index (κ2) is 4.88. The molecular formula is C12H14N4O. The van der Waals surface area contributed by atoms with Crippen molar-refractivity contribution in [3.63, 3.8) is 0 Å². The highest BCUT2D eigenvalue weighted by Gasteiger charge is 2.14. The molecule has 2 N–H and O–H groups in total. The fourth-order valence-electron chi connectivity index (χ4n) is 1.67. The van der Waals surface area contributed by atoms with E-state index in [0.29, 0.717) is 24.2 Å². The molecule has 17 heavy (non-hydrogen) atoms. The van der Waals surface area contributed by atoms with E-state index in [1.807, 2.05) is 6.07 Å². The number of likely N-dealkylation sites (N-methyl/N-ethyl adjacent to an activating group) is 1. The zero-order valence-electron chi connectivity index (χ0n) is 9.63. The van der Waals surface area contributed by atoms with Gasteiger partial charge < -0.3 is 10.6 Å². The Morgan fingerprint density at radius 2 is 2.12 bits per heavy atom. The summed E-state index contributed by atoms with van der Waals surface area (Å²) in [5.41, 5.74) is 7.35. The third-order valence-corrected chi connectivity index (χ3v) is 2.54. The summed E-state index contributed by atoms with van der Waals surface area (Å²) >= 11 is 0. The van der Waals surface area contributed by atoms with Gasteiger partial charge in [-0.25, -0.2) is 0 Å². The monoisotopic (exact) mass is 230 g/mol. The van der Waals surface area contributed by atoms with E-state index in [1.165, 1.54) is 0 Å². The van der Waals surface area contributed by atoms with Gasteiger partial charge in [-0.2, -0.15) is 0 Å². The van der Waals surface area contributed by atoms with Crippen molar-refractivity contribution in [1.29, 1.82) is 0 Å². The van der Waals surface area contributed by atoms with Crippen LogP contribution in [-0.2, 0) is 0 Å². The van der Waals surface area contributed by atoms with Crippen molar-refractivity contribution in [3.05, 3.63) is 36.2 Å². The van der Waals surface area contributed by atoms with Crippen molar-refractivity contribution in [1.82, 2.24) is 14.9 Å². The van der Waals surface area contributed by atoms with Gasteiger partial charge in [-0.15, -0.1) is 0 Å². The molecule has 0 fully saturated rings. The highest BCUT2D eigenvalue weighted by molar-refractivity contribution is 6.04. The SMILES string of the molecule is CN(CCN)C(=O)c1cccc2nccnc12. The van der Waals surface area contributed by atoms with Gasteiger partial charge in [-0.1, -0.05) is 6.07 Å². The number of nitrogens with zero attached hydrogens (tertiary/aromatic N) is 3. The van der Waals surface area contributed by atoms with Gasteiger partial charge in [0, 0.05) is 32.5 Å². The van der Waals surface area contributed by atoms with Crippen LogP contribution in [0.5, 0.6) is 0 Å². The molecule has 5 heteroatoms. The molecular weight excluding hydrogens is 216 g/mol. The van der Waals surface area contributed by atoms with Crippen LogP contribution in [0.1, 0.15) is 10.4 Å². The third kappa shape index (κ3) is 2.24. The van der Waals surface area contributed by atoms with Crippen molar-refractivity contribution >= 4 is 16.9 Å². The molecule has 0 spiro atoms. The molecule has 1 heterocycles. The van der Waals surface area contributed by atoms with Crippen molar-refractivity contribution < 1.29 is 4.79 Å². The summed E-state index contributed by atoms with van der Waals surface area (Å²) in [5, 5.41) is 0. The van der Waals surface area contributed by atoms with Crippen LogP contribution in [0, 0.1) is 0 Å². The van der Waals surface area contributed by atoms with E-state index < -0.39 is 0 Å². The van der Waals surface area contributed by atoms with Gasteiger partial charge in [0.1, 0.15) is 5.52 Å². The highest BCUT2D eigenvalue weighted by atomic mass is 16.2. The molecule has 2 aromatic rings. The summed E-state index contributed by atoms with van der Waals surface area (Å²) in [5.74, 6) is -0.0819. The molecule has 0 aliphatic heterocycles. The quantitative estimate of drug-likeness (QED) is 0.840. The summed E-state index contributed by atoms with van der Waals surface area (Å²) in [4.78, 5) is 22.1. The van der Waals surface area contributed by atoms with Crippen LogP contribution in [0.4, 0.5) is 0 Å². The number of aromatic nitrogens is 2. The van der Waals surface area contributed by atoms with E-state index in [1.54, 1.807) is 36.5 Å². The number of nitrogens with two attached hydrogens (primary N) is 1. The molecule has 0 atom stereocenters. The maximum absolute atomic E-state index is 12.2. The molecule has 1 aromatic heterocycles. The number of rotatable bonds is 3. The lowest BCUT2D eigenvalue weighted by Gasteiger charge is -2.16. The molecule has 0 saturated heterocycles. The zero-order valence-corrected chi connectivity index (χ0v) is 9.63. The predicted octanol–water partition coefficient (Wildman–Crippen LogP) is 0.660. The van der Waals surface area contributed by atoms with Gasteiger partial charge >= 0.3 is 0 Å². The number of carbonyl (C=O) groups excluding carboxylic acids is 1. The molecule has 2 rings (SSSR count). The molecule has 0 aliphatic carbocycles. The first kappa shape index (κ1) is 11.5. The van der Waals surface area contributed by atoms with Crippen molar-refractivity contribution in [2.24, 2.45) is 5.73 Å². The number of carbonyl (C=O) groups is 1. The molecule has 5 nitrogen and oxygen atoms in total. The largest absolute Gasteiger partial charge is 0.340 e. The fourth-order valence-corrected chi connectivity index (χ4v) is 1.67. The molecule has 0 radical (unpaired) electrons. The van der Waals surface area contributed by atoms with Gasteiger partial charge in [0.25, 0.3) is 5.91 Å². The lowest BCUT2D eigenvalue weighted by Crippen LogP contribution is -2.31. The lowest BCUT2D eigenvalue weighted by molar-refractivity contribution is 0.0800. The highest BCUT2D eigenvalue weighted by Crippen LogP contribution is 2.15. The maximum Gasteiger partial charge on any atom is 0.255 e. The Balaban J connectivity index is 2.45. The van der Waals surface area contributed by atoms with Crippen LogP contribution in [0.3, 0.4) is 0 Å². The van der Waals surface area contributed by atoms with Crippen LogP contribution in [-0.4, -0.2) is 40.9 Å². The first-order valence-electron chi connectivity index (χ1n) is 5.39. The Hall–Kier alpha value is -2.01. The number of benzene rings is 1. The summed E-state index contributed by atoms with van der Waals surface area (Å²) in [7, 11) is 1.73. The van der Waals surface area contributed by atoms with Gasteiger partial charge in [-0.05, 0) is 12.1 Å². The molecule has 1 amide bonds. The molecule has 0 unspecified atom stereocenters. The van der Waals surface area contributed by atoms with Gasteiger partial charge in [0.15, 0.2) is 0 Å². The standard InChI is InChI=1S/C12H14N4O/c1-16(8-5-13)12(17)9-3-2-4-10-11(9)15-7-6-14-10/h2-4,6-7H,5,8,13H2,1H3. The lowest BCUT2D eigenvalue weighted by atomic mass is 10.1. The van der Waals surface area contributed by atoms with E-state index in [9.17, 15) is 4.79 Å². The smallest absolute Gasteiger partial charge is 0.255 e. The maximum atomic E-state index is 12.2. The second-order valence-electron chi connectivity index (χ2n) is 3.75. The van der Waals surface area contributed by atoms with E-state index in [2.05, 4.69) is 9.97 Å². The Morgan fingerprint density at radius 3 is 2.88 bits per heavy atom. The number of hydrogen-bond donors (Lipinski definition) is 1. The second-order valence-corrected chi connectivity index (χ2v) is 3.75. The topological polar surface area (TPSA) is 72.1 Å². The molecule has 0 bridgehead atoms. The number of fused-ring (bicyclic) bond motifs is 1. The minimum Gasteiger partial charge on any atom is -0.340 e. The molecule has 0 aliphatic rings. The Bertz CT molecular complexity index is 536. The van der Waals surface area contributed by atoms with Crippen LogP contribution in [0.15, 0.2) is 30.6 Å². The van der Waals surface area contributed by atoms with Gasteiger partial charge in [0.2, 0.25) is 0 Å². The van der Waals surface area contributed by atoms with Crippen LogP contribution in [0.25, 0.3) is 11.0 Å². The molecule has 1 aromatic carbocycles. The van der Waals surface area contributed by atoms with Crippen LogP contribution < -0.4 is 5.73 Å². The average Bonchev–Trinajstić information content (AvgIpc) is 2.37. The van der Waals surface area contributed by atoms with Crippen LogP contribution >= 0.6 is 0 Å². The summed E-state index contributed by atoms with van der Waals surface area (Å²) in [6.07, 6.45) is 3.20. The van der Waals surface area contributed by atoms with Crippen molar-refractivity contribution in [3.8, 4) is 0 Å². The van der Waals surface area contributed by atoms with E-state index in [4.69, 9.17) is 5.73 Å². The minimum absolute atomic E-state index is 0.0819. The molecule has 0 saturated carbocycles. The first-order valence-corrected chi connectivity index (χ1v) is 5.39. The van der Waals surface area contributed by atoms with Crippen molar-refractivity contribution in [2.45, 2.75) is 0 Å². The first-order chi connectivity index (χ1) is 8.24. The summed E-state index contributed by atoms with van der Waals surface area (Å²) in [6, 6.07) is 5.40. The van der Waals surface area contributed by atoms with Gasteiger partial charge in [-0.3, -0.25) is 14.8 Å². The fraction of sp³-hybridized carbons (Fsp3) is 0.250.